The molecule has 0 bridgehead atoms. The lowest BCUT2D eigenvalue weighted by Gasteiger charge is -2.00. The summed E-state index contributed by atoms with van der Waals surface area (Å²) >= 11 is 0. The molecule has 1 aromatic carbocycles. The van der Waals surface area contributed by atoms with Crippen molar-refractivity contribution in [2.45, 2.75) is 23.8 Å². The minimum Gasteiger partial charge on any atom is -0.394 e. The zero-order valence-corrected chi connectivity index (χ0v) is 11.3. The number of hydrogen-bond donors (Lipinski definition) is 3. The van der Waals surface area contributed by atoms with Gasteiger partial charge in [0.2, 0.25) is 0 Å². The molecular weight excluding hydrogens is 286 g/mol. The van der Waals surface area contributed by atoms with Crippen LogP contribution in [0.25, 0.3) is 0 Å². The molecule has 0 radical (unpaired) electrons. The maximum Gasteiger partial charge on any atom is 0.266 e. The molecule has 20 heavy (non-hydrogen) atoms. The summed E-state index contributed by atoms with van der Waals surface area (Å²) in [6.45, 7) is -0.256. The van der Waals surface area contributed by atoms with Gasteiger partial charge in [-0.05, 0) is 18.6 Å². The lowest BCUT2D eigenvalue weighted by molar-refractivity contribution is -0.108. The molecule has 0 saturated carbocycles. The van der Waals surface area contributed by atoms with Crippen molar-refractivity contribution in [2.75, 3.05) is 6.61 Å². The molecule has 7 nitrogen and oxygen atoms in total. The van der Waals surface area contributed by atoms with E-state index in [2.05, 4.69) is 0 Å². The summed E-state index contributed by atoms with van der Waals surface area (Å²) in [7, 11) is -3.55. The van der Waals surface area contributed by atoms with Crippen LogP contribution in [0.1, 0.15) is 23.2 Å². The van der Waals surface area contributed by atoms with Crippen molar-refractivity contribution in [1.82, 2.24) is 4.72 Å². The first kappa shape index (κ1) is 16.3. The van der Waals surface area contributed by atoms with Crippen molar-refractivity contribution in [1.29, 1.82) is 0 Å². The van der Waals surface area contributed by atoms with Gasteiger partial charge >= 0.3 is 0 Å². The first-order valence-corrected chi connectivity index (χ1v) is 7.29. The Morgan fingerprint density at radius 1 is 1.30 bits per heavy atom. The highest BCUT2D eigenvalue weighted by Crippen LogP contribution is 2.20. The normalized spacial score (nSPS) is 16.4. The molecule has 3 N–H and O–H groups in total. The highest BCUT2D eigenvalue weighted by molar-refractivity contribution is 7.90. The van der Waals surface area contributed by atoms with Crippen molar-refractivity contribution >= 4 is 22.2 Å². The Hall–Kier alpha value is -1.77. The van der Waals surface area contributed by atoms with Gasteiger partial charge in [0.25, 0.3) is 15.9 Å². The maximum atomic E-state index is 11.1. The predicted octanol–water partition coefficient (Wildman–Crippen LogP) is -0.563. The fraction of sp³-hybridized carbons (Fsp3) is 0.333. The molecule has 0 aliphatic carbocycles. The molecule has 0 aromatic heterocycles. The number of hydrogen-bond acceptors (Lipinski definition) is 6. The second kappa shape index (κ2) is 7.13. The number of fused-ring (bicyclic) bond motifs is 1. The summed E-state index contributed by atoms with van der Waals surface area (Å²) in [6.07, 6.45) is 0.681. The van der Waals surface area contributed by atoms with E-state index in [9.17, 15) is 18.0 Å². The number of benzene rings is 1. The van der Waals surface area contributed by atoms with Gasteiger partial charge in [0.1, 0.15) is 11.2 Å². The van der Waals surface area contributed by atoms with Crippen molar-refractivity contribution in [3.05, 3.63) is 29.8 Å². The van der Waals surface area contributed by atoms with Gasteiger partial charge in [0.15, 0.2) is 0 Å². The Bertz CT molecular complexity index is 583. The third-order valence-electron chi connectivity index (χ3n) is 2.48. The van der Waals surface area contributed by atoms with Gasteiger partial charge in [0, 0.05) is 6.42 Å². The summed E-state index contributed by atoms with van der Waals surface area (Å²) in [5.74, 6) is -0.550. The van der Waals surface area contributed by atoms with Crippen LogP contribution in [-0.2, 0) is 14.8 Å². The Labute approximate surface area is 116 Å². The summed E-state index contributed by atoms with van der Waals surface area (Å²) in [5, 5.41) is 16.8. The second-order valence-electron chi connectivity index (χ2n) is 4.01. The zero-order chi connectivity index (χ0) is 15.2. The van der Waals surface area contributed by atoms with Crippen molar-refractivity contribution in [2.24, 2.45) is 0 Å². The molecule has 8 heteroatoms. The highest BCUT2D eigenvalue weighted by Gasteiger charge is 2.31. The van der Waals surface area contributed by atoms with Crippen LogP contribution in [0, 0.1) is 0 Å². The molecule has 0 fully saturated rings. The van der Waals surface area contributed by atoms with Gasteiger partial charge in [-0.15, -0.1) is 0 Å². The molecule has 1 heterocycles. The minimum atomic E-state index is -3.55. The smallest absolute Gasteiger partial charge is 0.266 e. The monoisotopic (exact) mass is 301 g/mol. The number of carbonyl (C=O) groups excluding carboxylic acids is 2. The van der Waals surface area contributed by atoms with Crippen LogP contribution < -0.4 is 4.72 Å². The van der Waals surface area contributed by atoms with Crippen LogP contribution in [-0.4, -0.2) is 43.5 Å². The summed E-state index contributed by atoms with van der Waals surface area (Å²) in [4.78, 5) is 20.7. The number of carbonyl (C=O) groups is 2. The molecule has 1 aliphatic heterocycles. The standard InChI is InChI=1S/C7H5NO3S.C5H10O3/c9-7-5-3-1-2-4-6(5)12(10,11)8-7;6-3-1-2-5(8)4-7/h1-4H,(H,8,9);3,5,7-8H,1-2,4H2. The van der Waals surface area contributed by atoms with Gasteiger partial charge < -0.3 is 15.0 Å². The molecule has 0 saturated heterocycles. The summed E-state index contributed by atoms with van der Waals surface area (Å²) in [6, 6.07) is 6.09. The summed E-state index contributed by atoms with van der Waals surface area (Å²) < 4.78 is 24.2. The Kier molecular flexibility index (Phi) is 5.81. The average Bonchev–Trinajstić information content (AvgIpc) is 2.67. The fourth-order valence-electron chi connectivity index (χ4n) is 1.47. The van der Waals surface area contributed by atoms with Crippen LogP contribution >= 0.6 is 0 Å². The van der Waals surface area contributed by atoms with Crippen LogP contribution in [0.15, 0.2) is 29.2 Å². The van der Waals surface area contributed by atoms with E-state index in [0.29, 0.717) is 12.8 Å². The second-order valence-corrected chi connectivity index (χ2v) is 5.66. The largest absolute Gasteiger partial charge is 0.394 e. The quantitative estimate of drug-likeness (QED) is 0.641. The third kappa shape index (κ3) is 4.12. The van der Waals surface area contributed by atoms with E-state index in [1.807, 2.05) is 4.72 Å². The SMILES string of the molecule is O=C1NS(=O)(=O)c2ccccc21.O=CCCC(O)CO. The number of aldehydes is 1. The first-order chi connectivity index (χ1) is 9.42. The van der Waals surface area contributed by atoms with Crippen LogP contribution in [0.2, 0.25) is 0 Å². The molecule has 1 aromatic rings. The molecule has 1 aliphatic rings. The van der Waals surface area contributed by atoms with Crippen molar-refractivity contribution in [3.63, 3.8) is 0 Å². The van der Waals surface area contributed by atoms with Crippen molar-refractivity contribution < 1.29 is 28.2 Å². The van der Waals surface area contributed by atoms with E-state index in [0.717, 1.165) is 6.29 Å². The number of sulfonamides is 1. The number of nitrogens with one attached hydrogen (secondary N) is 1. The first-order valence-electron chi connectivity index (χ1n) is 5.81. The maximum absolute atomic E-state index is 11.1. The number of aliphatic hydroxyl groups is 2. The van der Waals surface area contributed by atoms with Crippen LogP contribution in [0.3, 0.4) is 0 Å². The fourth-order valence-corrected chi connectivity index (χ4v) is 2.64. The van der Waals surface area contributed by atoms with E-state index in [4.69, 9.17) is 10.2 Å². The Balaban J connectivity index is 0.000000221. The van der Waals surface area contributed by atoms with Crippen molar-refractivity contribution in [3.8, 4) is 0 Å². The highest BCUT2D eigenvalue weighted by atomic mass is 32.2. The number of rotatable bonds is 4. The van der Waals surface area contributed by atoms with Gasteiger partial charge in [-0.25, -0.2) is 13.1 Å². The minimum absolute atomic E-state index is 0.0648. The van der Waals surface area contributed by atoms with Crippen LogP contribution in [0.4, 0.5) is 0 Å². The molecule has 1 atom stereocenters. The Morgan fingerprint density at radius 3 is 2.50 bits per heavy atom. The molecule has 1 amide bonds. The third-order valence-corrected chi connectivity index (χ3v) is 3.87. The van der Waals surface area contributed by atoms with Gasteiger partial charge in [-0.3, -0.25) is 4.79 Å². The molecule has 2 rings (SSSR count). The Morgan fingerprint density at radius 2 is 1.95 bits per heavy atom. The summed E-state index contributed by atoms with van der Waals surface area (Å²) in [5.41, 5.74) is 0.220. The van der Waals surface area contributed by atoms with E-state index >= 15 is 0 Å². The molecule has 110 valence electrons. The number of aliphatic hydroxyl groups excluding tert-OH is 2. The topological polar surface area (TPSA) is 121 Å². The van der Waals surface area contributed by atoms with Crippen LogP contribution in [0.5, 0.6) is 0 Å². The predicted molar refractivity (Wildman–Crippen MR) is 69.5 cm³/mol. The van der Waals surface area contributed by atoms with Gasteiger partial charge in [-0.1, -0.05) is 12.1 Å². The molecule has 0 spiro atoms. The van der Waals surface area contributed by atoms with E-state index in [-0.39, 0.29) is 17.1 Å². The zero-order valence-electron chi connectivity index (χ0n) is 10.5. The van der Waals surface area contributed by atoms with Gasteiger partial charge in [0.05, 0.1) is 18.3 Å². The van der Waals surface area contributed by atoms with E-state index in [1.165, 1.54) is 12.1 Å². The van der Waals surface area contributed by atoms with E-state index in [1.54, 1.807) is 12.1 Å². The lowest BCUT2D eigenvalue weighted by Crippen LogP contribution is -2.20. The molecular formula is C12H15NO6S. The number of amides is 1. The van der Waals surface area contributed by atoms with Gasteiger partial charge in [-0.2, -0.15) is 0 Å². The molecule has 1 unspecified atom stereocenters. The average molecular weight is 301 g/mol. The van der Waals surface area contributed by atoms with E-state index < -0.39 is 22.0 Å². The lowest BCUT2D eigenvalue weighted by atomic mass is 10.2.